The Morgan fingerprint density at radius 1 is 0.882 bits per heavy atom. The maximum absolute atomic E-state index is 3.12. The Kier molecular flexibility index (Phi) is 3.78. The number of hydrogen-bond donors (Lipinski definition) is 0. The fourth-order valence-electron chi connectivity index (χ4n) is 1.53. The Labute approximate surface area is 103 Å². The minimum absolute atomic E-state index is 1.05. The average Bonchev–Trinajstić information content (AvgIpc) is 2.41. The number of rotatable bonds is 1. The van der Waals surface area contributed by atoms with Gasteiger partial charge in [0, 0.05) is 5.56 Å². The maximum Gasteiger partial charge on any atom is 0.0248 e. The molecule has 0 saturated heterocycles. The third-order valence-electron chi connectivity index (χ3n) is 2.51. The first-order valence-corrected chi connectivity index (χ1v) is 5.65. The van der Waals surface area contributed by atoms with Crippen LogP contribution in [0.25, 0.3) is 5.57 Å². The van der Waals surface area contributed by atoms with Gasteiger partial charge in [0.15, 0.2) is 0 Å². The molecule has 0 aliphatic carbocycles. The molecule has 2 aromatic rings. The highest BCUT2D eigenvalue weighted by Gasteiger charge is 1.90. The molecule has 0 amide bonds. The van der Waals surface area contributed by atoms with Crippen LogP contribution in [-0.2, 0) is 0 Å². The van der Waals surface area contributed by atoms with Gasteiger partial charge in [-0.2, -0.15) is 0 Å². The van der Waals surface area contributed by atoms with E-state index in [9.17, 15) is 0 Å². The fraction of sp³-hybridized carbons (Fsp3) is 0.0588. The van der Waals surface area contributed by atoms with Crippen LogP contribution in [0.4, 0.5) is 0 Å². The van der Waals surface area contributed by atoms with E-state index in [-0.39, 0.29) is 0 Å². The summed E-state index contributed by atoms with van der Waals surface area (Å²) in [6.45, 7) is 2.08. The first-order valence-electron chi connectivity index (χ1n) is 5.65. The predicted octanol–water partition coefficient (Wildman–Crippen LogP) is 4.14. The molecular weight excluding hydrogens is 204 g/mol. The summed E-state index contributed by atoms with van der Waals surface area (Å²) in [6, 6.07) is 20.3. The molecule has 0 radical (unpaired) electrons. The van der Waals surface area contributed by atoms with Crippen molar-refractivity contribution < 1.29 is 0 Å². The Morgan fingerprint density at radius 2 is 1.47 bits per heavy atom. The first kappa shape index (κ1) is 11.2. The molecule has 0 saturated carbocycles. The van der Waals surface area contributed by atoms with Gasteiger partial charge in [-0.15, -0.1) is 0 Å². The Hall–Kier alpha value is -2.26. The van der Waals surface area contributed by atoms with Crippen LogP contribution < -0.4 is 0 Å². The van der Waals surface area contributed by atoms with E-state index in [4.69, 9.17) is 0 Å². The van der Waals surface area contributed by atoms with Gasteiger partial charge in [0.25, 0.3) is 0 Å². The monoisotopic (exact) mass is 218 g/mol. The van der Waals surface area contributed by atoms with Gasteiger partial charge in [0.1, 0.15) is 0 Å². The number of benzene rings is 2. The SMILES string of the molecule is C/C(=C\C#Cc1ccccc1)c1ccccc1. The Balaban J connectivity index is 2.15. The molecule has 0 heterocycles. The van der Waals surface area contributed by atoms with E-state index in [1.54, 1.807) is 0 Å². The van der Waals surface area contributed by atoms with Crippen LogP contribution in [0.1, 0.15) is 18.1 Å². The standard InChI is InChI=1S/C17H14/c1-15(17-13-6-3-7-14-17)9-8-12-16-10-4-2-5-11-16/h2-7,9-11,13-14H,1H3/b15-9+. The number of hydrogen-bond acceptors (Lipinski definition) is 0. The highest BCUT2D eigenvalue weighted by atomic mass is 14.0. The second kappa shape index (κ2) is 5.72. The van der Waals surface area contributed by atoms with Gasteiger partial charge < -0.3 is 0 Å². The first-order chi connectivity index (χ1) is 8.36. The van der Waals surface area contributed by atoms with E-state index in [0.717, 1.165) is 5.56 Å². The van der Waals surface area contributed by atoms with Crippen molar-refractivity contribution in [2.75, 3.05) is 0 Å². The summed E-state index contributed by atoms with van der Waals surface area (Å²) >= 11 is 0. The summed E-state index contributed by atoms with van der Waals surface area (Å²) in [6.07, 6.45) is 1.96. The van der Waals surface area contributed by atoms with Crippen molar-refractivity contribution in [2.24, 2.45) is 0 Å². The van der Waals surface area contributed by atoms with Gasteiger partial charge in [0.05, 0.1) is 0 Å². The van der Waals surface area contributed by atoms with Gasteiger partial charge in [-0.3, -0.25) is 0 Å². The van der Waals surface area contributed by atoms with E-state index in [0.29, 0.717) is 0 Å². The largest absolute Gasteiger partial charge is 0.0693 e. The zero-order valence-corrected chi connectivity index (χ0v) is 9.85. The third kappa shape index (κ3) is 3.36. The Bertz CT molecular complexity index is 551. The van der Waals surface area contributed by atoms with E-state index in [2.05, 4.69) is 30.9 Å². The van der Waals surface area contributed by atoms with Gasteiger partial charge in [-0.25, -0.2) is 0 Å². The summed E-state index contributed by atoms with van der Waals surface area (Å²) in [5.41, 5.74) is 3.45. The van der Waals surface area contributed by atoms with Crippen LogP contribution in [0.5, 0.6) is 0 Å². The molecule has 0 bridgehead atoms. The lowest BCUT2D eigenvalue weighted by atomic mass is 10.1. The van der Waals surface area contributed by atoms with Crippen molar-refractivity contribution in [1.29, 1.82) is 0 Å². The van der Waals surface area contributed by atoms with Crippen LogP contribution in [0, 0.1) is 11.8 Å². The molecular formula is C17H14. The lowest BCUT2D eigenvalue weighted by Gasteiger charge is -1.97. The molecule has 0 spiro atoms. The van der Waals surface area contributed by atoms with E-state index >= 15 is 0 Å². The highest BCUT2D eigenvalue weighted by Crippen LogP contribution is 2.11. The van der Waals surface area contributed by atoms with E-state index in [1.807, 2.05) is 54.6 Å². The normalized spacial score (nSPS) is 10.5. The summed E-state index contributed by atoms with van der Waals surface area (Å²) in [7, 11) is 0. The molecule has 0 N–H and O–H groups in total. The summed E-state index contributed by atoms with van der Waals surface area (Å²) < 4.78 is 0. The van der Waals surface area contributed by atoms with Crippen LogP contribution in [0.15, 0.2) is 66.7 Å². The lowest BCUT2D eigenvalue weighted by molar-refractivity contribution is 1.57. The molecule has 0 heteroatoms. The molecule has 0 atom stereocenters. The molecule has 0 unspecified atom stereocenters. The topological polar surface area (TPSA) is 0 Å². The molecule has 0 aromatic heterocycles. The van der Waals surface area contributed by atoms with Gasteiger partial charge in [-0.1, -0.05) is 60.4 Å². The van der Waals surface area contributed by atoms with Crippen molar-refractivity contribution in [2.45, 2.75) is 6.92 Å². The quantitative estimate of drug-likeness (QED) is 0.631. The summed E-state index contributed by atoms with van der Waals surface area (Å²) in [4.78, 5) is 0. The van der Waals surface area contributed by atoms with Crippen molar-refractivity contribution in [1.82, 2.24) is 0 Å². The zero-order valence-electron chi connectivity index (χ0n) is 9.85. The molecule has 0 nitrogen and oxygen atoms in total. The summed E-state index contributed by atoms with van der Waals surface area (Å²) in [5, 5.41) is 0. The molecule has 0 fully saturated rings. The third-order valence-corrected chi connectivity index (χ3v) is 2.51. The highest BCUT2D eigenvalue weighted by molar-refractivity contribution is 5.66. The van der Waals surface area contributed by atoms with Gasteiger partial charge in [-0.05, 0) is 36.3 Å². The van der Waals surface area contributed by atoms with E-state index in [1.165, 1.54) is 11.1 Å². The van der Waals surface area contributed by atoms with Crippen molar-refractivity contribution in [3.8, 4) is 11.8 Å². The number of allylic oxidation sites excluding steroid dienone is 2. The molecule has 82 valence electrons. The van der Waals surface area contributed by atoms with Crippen molar-refractivity contribution in [3.05, 3.63) is 77.9 Å². The average molecular weight is 218 g/mol. The second-order valence-electron chi connectivity index (χ2n) is 3.83. The van der Waals surface area contributed by atoms with Crippen LogP contribution >= 0.6 is 0 Å². The smallest absolute Gasteiger partial charge is 0.0248 e. The van der Waals surface area contributed by atoms with Crippen LogP contribution in [0.2, 0.25) is 0 Å². The van der Waals surface area contributed by atoms with Gasteiger partial charge >= 0.3 is 0 Å². The molecule has 0 aliphatic heterocycles. The summed E-state index contributed by atoms with van der Waals surface area (Å²) in [5.74, 6) is 6.21. The van der Waals surface area contributed by atoms with Crippen LogP contribution in [-0.4, -0.2) is 0 Å². The van der Waals surface area contributed by atoms with E-state index < -0.39 is 0 Å². The zero-order chi connectivity index (χ0) is 11.9. The van der Waals surface area contributed by atoms with Crippen molar-refractivity contribution >= 4 is 5.57 Å². The maximum atomic E-state index is 3.12. The lowest BCUT2D eigenvalue weighted by Crippen LogP contribution is -1.76. The Morgan fingerprint density at radius 3 is 2.12 bits per heavy atom. The fourth-order valence-corrected chi connectivity index (χ4v) is 1.53. The minimum atomic E-state index is 1.05. The minimum Gasteiger partial charge on any atom is -0.0693 e. The predicted molar refractivity (Wildman–Crippen MR) is 73.4 cm³/mol. The second-order valence-corrected chi connectivity index (χ2v) is 3.83. The molecule has 17 heavy (non-hydrogen) atoms. The molecule has 2 rings (SSSR count). The van der Waals surface area contributed by atoms with Crippen molar-refractivity contribution in [3.63, 3.8) is 0 Å². The van der Waals surface area contributed by atoms with Crippen LogP contribution in [0.3, 0.4) is 0 Å². The molecule has 2 aromatic carbocycles. The molecule has 0 aliphatic rings. The van der Waals surface area contributed by atoms with Gasteiger partial charge in [0.2, 0.25) is 0 Å².